The minimum absolute atomic E-state index is 0.0667. The third kappa shape index (κ3) is 3.69. The van der Waals surface area contributed by atoms with Crippen LogP contribution in [0.3, 0.4) is 0 Å². The van der Waals surface area contributed by atoms with Crippen molar-refractivity contribution >= 4 is 40.5 Å². The van der Waals surface area contributed by atoms with E-state index in [1.165, 1.54) is 18.2 Å². The molecule has 0 fully saturated rings. The van der Waals surface area contributed by atoms with Crippen LogP contribution in [-0.4, -0.2) is 17.5 Å². The lowest BCUT2D eigenvalue weighted by molar-refractivity contribution is -0.118. The monoisotopic (exact) mass is 359 g/mol. The first-order valence-electron chi connectivity index (χ1n) is 7.68. The van der Waals surface area contributed by atoms with Gasteiger partial charge in [0.25, 0.3) is 5.91 Å². The standard InChI is InChI=1S/C18H15ClFN3O2/c1-11-6-7-12(10-13(11)19)23-17(24)9-8-16(22-23)18(25)21-15-5-3-2-4-14(15)20/h2-7,10H,8-9H2,1H3,(H,21,25). The third-order valence-electron chi connectivity index (χ3n) is 3.82. The van der Waals surface area contributed by atoms with Gasteiger partial charge in [0.1, 0.15) is 11.5 Å². The summed E-state index contributed by atoms with van der Waals surface area (Å²) in [6.45, 7) is 1.85. The Morgan fingerprint density at radius 2 is 2.00 bits per heavy atom. The number of aryl methyl sites for hydroxylation is 1. The van der Waals surface area contributed by atoms with Crippen LogP contribution in [0.15, 0.2) is 47.6 Å². The summed E-state index contributed by atoms with van der Waals surface area (Å²) in [5, 5.41) is 8.28. The van der Waals surface area contributed by atoms with Crippen LogP contribution in [0.4, 0.5) is 15.8 Å². The molecule has 1 aliphatic heterocycles. The maximum atomic E-state index is 13.7. The van der Waals surface area contributed by atoms with E-state index < -0.39 is 11.7 Å². The molecular weight excluding hydrogens is 345 g/mol. The number of amides is 2. The van der Waals surface area contributed by atoms with Gasteiger partial charge in [-0.2, -0.15) is 5.10 Å². The minimum Gasteiger partial charge on any atom is -0.318 e. The molecule has 2 aromatic carbocycles. The van der Waals surface area contributed by atoms with Gasteiger partial charge in [-0.15, -0.1) is 0 Å². The molecule has 0 saturated heterocycles. The second-order valence-corrected chi connectivity index (χ2v) is 6.03. The number of carbonyl (C=O) groups is 2. The summed E-state index contributed by atoms with van der Waals surface area (Å²) in [5.74, 6) is -1.31. The van der Waals surface area contributed by atoms with Crippen molar-refractivity contribution in [2.24, 2.45) is 5.10 Å². The highest BCUT2D eigenvalue weighted by atomic mass is 35.5. The highest BCUT2D eigenvalue weighted by molar-refractivity contribution is 6.44. The Hall–Kier alpha value is -2.73. The fraction of sp³-hybridized carbons (Fsp3) is 0.167. The number of nitrogens with zero attached hydrogens (tertiary/aromatic N) is 2. The number of benzene rings is 2. The number of hydrogen-bond donors (Lipinski definition) is 1. The summed E-state index contributed by atoms with van der Waals surface area (Å²) in [4.78, 5) is 24.5. The van der Waals surface area contributed by atoms with Crippen LogP contribution in [0, 0.1) is 12.7 Å². The average molecular weight is 360 g/mol. The van der Waals surface area contributed by atoms with Gasteiger partial charge in [-0.05, 0) is 36.8 Å². The van der Waals surface area contributed by atoms with E-state index in [4.69, 9.17) is 11.6 Å². The molecule has 3 rings (SSSR count). The molecule has 0 atom stereocenters. The topological polar surface area (TPSA) is 61.8 Å². The van der Waals surface area contributed by atoms with Crippen LogP contribution in [0.5, 0.6) is 0 Å². The zero-order chi connectivity index (χ0) is 18.0. The van der Waals surface area contributed by atoms with Gasteiger partial charge < -0.3 is 5.32 Å². The fourth-order valence-corrected chi connectivity index (χ4v) is 2.56. The number of anilines is 2. The molecule has 25 heavy (non-hydrogen) atoms. The summed E-state index contributed by atoms with van der Waals surface area (Å²) in [7, 11) is 0. The van der Waals surface area contributed by atoms with Crippen molar-refractivity contribution in [3.8, 4) is 0 Å². The van der Waals surface area contributed by atoms with Gasteiger partial charge in [0.2, 0.25) is 5.91 Å². The molecule has 5 nitrogen and oxygen atoms in total. The van der Waals surface area contributed by atoms with Gasteiger partial charge in [0, 0.05) is 17.9 Å². The Balaban J connectivity index is 1.86. The van der Waals surface area contributed by atoms with Crippen molar-refractivity contribution in [2.75, 3.05) is 10.3 Å². The average Bonchev–Trinajstić information content (AvgIpc) is 2.60. The van der Waals surface area contributed by atoms with E-state index in [2.05, 4.69) is 10.4 Å². The molecule has 0 aliphatic carbocycles. The highest BCUT2D eigenvalue weighted by Gasteiger charge is 2.26. The zero-order valence-corrected chi connectivity index (χ0v) is 14.2. The van der Waals surface area contributed by atoms with E-state index in [0.717, 1.165) is 10.6 Å². The lowest BCUT2D eigenvalue weighted by Crippen LogP contribution is -2.36. The van der Waals surface area contributed by atoms with E-state index in [-0.39, 0.29) is 30.1 Å². The summed E-state index contributed by atoms with van der Waals surface area (Å²) < 4.78 is 13.7. The number of rotatable bonds is 3. The van der Waals surface area contributed by atoms with Crippen molar-refractivity contribution in [3.05, 3.63) is 58.9 Å². The number of nitrogens with one attached hydrogen (secondary N) is 1. The second-order valence-electron chi connectivity index (χ2n) is 5.62. The zero-order valence-electron chi connectivity index (χ0n) is 13.4. The molecule has 1 N–H and O–H groups in total. The summed E-state index contributed by atoms with van der Waals surface area (Å²) in [6.07, 6.45) is 0.324. The number of hydrazone groups is 1. The normalized spacial score (nSPS) is 14.3. The van der Waals surface area contributed by atoms with Crippen LogP contribution in [-0.2, 0) is 9.59 Å². The molecule has 2 amide bonds. The second kappa shape index (κ2) is 7.03. The van der Waals surface area contributed by atoms with Crippen molar-refractivity contribution in [1.82, 2.24) is 0 Å². The van der Waals surface area contributed by atoms with Crippen molar-refractivity contribution < 1.29 is 14.0 Å². The number of carbonyl (C=O) groups excluding carboxylic acids is 2. The quantitative estimate of drug-likeness (QED) is 0.903. The van der Waals surface area contributed by atoms with Gasteiger partial charge in [0.05, 0.1) is 11.4 Å². The Kier molecular flexibility index (Phi) is 4.81. The first-order chi connectivity index (χ1) is 12.0. The first-order valence-corrected chi connectivity index (χ1v) is 8.06. The molecule has 128 valence electrons. The van der Waals surface area contributed by atoms with Gasteiger partial charge in [0.15, 0.2) is 0 Å². The lowest BCUT2D eigenvalue weighted by Gasteiger charge is -2.23. The number of halogens is 2. The molecule has 0 unspecified atom stereocenters. The van der Waals surface area contributed by atoms with Gasteiger partial charge in [-0.1, -0.05) is 29.8 Å². The predicted octanol–water partition coefficient (Wildman–Crippen LogP) is 3.91. The summed E-state index contributed by atoms with van der Waals surface area (Å²) in [5.41, 5.74) is 1.57. The van der Waals surface area contributed by atoms with Crippen LogP contribution in [0.1, 0.15) is 18.4 Å². The number of hydrogen-bond acceptors (Lipinski definition) is 3. The van der Waals surface area contributed by atoms with E-state index in [1.807, 2.05) is 6.92 Å². The Morgan fingerprint density at radius 1 is 1.24 bits per heavy atom. The van der Waals surface area contributed by atoms with Gasteiger partial charge >= 0.3 is 0 Å². The van der Waals surface area contributed by atoms with Crippen molar-refractivity contribution in [1.29, 1.82) is 0 Å². The van der Waals surface area contributed by atoms with E-state index in [0.29, 0.717) is 10.7 Å². The van der Waals surface area contributed by atoms with Crippen LogP contribution >= 0.6 is 11.6 Å². The molecule has 2 aromatic rings. The fourth-order valence-electron chi connectivity index (χ4n) is 2.39. The SMILES string of the molecule is Cc1ccc(N2N=C(C(=O)Nc3ccccc3F)CCC2=O)cc1Cl. The van der Waals surface area contributed by atoms with Crippen molar-refractivity contribution in [3.63, 3.8) is 0 Å². The Bertz CT molecular complexity index is 882. The largest absolute Gasteiger partial charge is 0.318 e. The van der Waals surface area contributed by atoms with Crippen LogP contribution in [0.25, 0.3) is 0 Å². The van der Waals surface area contributed by atoms with E-state index in [1.54, 1.807) is 24.3 Å². The minimum atomic E-state index is -0.541. The van der Waals surface area contributed by atoms with Crippen molar-refractivity contribution in [2.45, 2.75) is 19.8 Å². The van der Waals surface area contributed by atoms with Gasteiger partial charge in [-0.3, -0.25) is 9.59 Å². The van der Waals surface area contributed by atoms with Gasteiger partial charge in [-0.25, -0.2) is 9.40 Å². The molecule has 0 radical (unpaired) electrons. The summed E-state index contributed by atoms with van der Waals surface area (Å²) in [6, 6.07) is 11.0. The molecule has 7 heteroatoms. The first kappa shape index (κ1) is 17.1. The number of para-hydroxylation sites is 1. The molecule has 0 bridgehead atoms. The van der Waals surface area contributed by atoms with Crippen LogP contribution in [0.2, 0.25) is 5.02 Å². The molecular formula is C18H15ClFN3O2. The van der Waals surface area contributed by atoms with E-state index in [9.17, 15) is 14.0 Å². The van der Waals surface area contributed by atoms with E-state index >= 15 is 0 Å². The predicted molar refractivity (Wildman–Crippen MR) is 95.4 cm³/mol. The Labute approximate surface area is 149 Å². The lowest BCUT2D eigenvalue weighted by atomic mass is 10.1. The highest BCUT2D eigenvalue weighted by Crippen LogP contribution is 2.26. The maximum absolute atomic E-state index is 13.7. The van der Waals surface area contributed by atoms with Crippen LogP contribution < -0.4 is 10.3 Å². The Morgan fingerprint density at radius 3 is 2.72 bits per heavy atom. The molecule has 0 aromatic heterocycles. The third-order valence-corrected chi connectivity index (χ3v) is 4.22. The molecule has 1 heterocycles. The smallest absolute Gasteiger partial charge is 0.271 e. The molecule has 0 spiro atoms. The summed E-state index contributed by atoms with van der Waals surface area (Å²) >= 11 is 6.10. The maximum Gasteiger partial charge on any atom is 0.271 e. The molecule has 0 saturated carbocycles. The molecule has 1 aliphatic rings.